The second kappa shape index (κ2) is 5.46. The topological polar surface area (TPSA) is 46.9 Å². The highest BCUT2D eigenvalue weighted by Gasteiger charge is 2.14. The summed E-state index contributed by atoms with van der Waals surface area (Å²) in [5, 5.41) is 5.14. The molecule has 0 amide bonds. The number of hydrogen-bond donors (Lipinski definition) is 1. The van der Waals surface area contributed by atoms with Crippen LogP contribution < -0.4 is 5.32 Å². The van der Waals surface area contributed by atoms with Crippen LogP contribution >= 0.6 is 11.3 Å². The van der Waals surface area contributed by atoms with Gasteiger partial charge >= 0.3 is 0 Å². The third-order valence-electron chi connectivity index (χ3n) is 3.09. The highest BCUT2D eigenvalue weighted by molar-refractivity contribution is 7.12. The molecule has 0 aliphatic heterocycles. The van der Waals surface area contributed by atoms with Gasteiger partial charge in [0.2, 0.25) is 5.95 Å². The molecule has 0 fully saturated rings. The van der Waals surface area contributed by atoms with E-state index in [2.05, 4.69) is 10.3 Å². The van der Waals surface area contributed by atoms with E-state index in [4.69, 9.17) is 0 Å². The van der Waals surface area contributed by atoms with E-state index in [0.29, 0.717) is 6.54 Å². The van der Waals surface area contributed by atoms with Crippen molar-refractivity contribution in [2.75, 3.05) is 11.9 Å². The van der Waals surface area contributed by atoms with Crippen molar-refractivity contribution in [3.8, 4) is 0 Å². The van der Waals surface area contributed by atoms with Crippen molar-refractivity contribution >= 4 is 34.1 Å². The molecule has 1 aromatic carbocycles. The molecule has 0 aliphatic rings. The molecule has 2 aromatic heterocycles. The van der Waals surface area contributed by atoms with E-state index in [1.807, 2.05) is 53.3 Å². The Morgan fingerprint density at radius 3 is 2.90 bits per heavy atom. The molecule has 0 spiro atoms. The summed E-state index contributed by atoms with van der Waals surface area (Å²) >= 11 is 1.47. The lowest BCUT2D eigenvalue weighted by Gasteiger charge is -2.08. The molecule has 4 nitrogen and oxygen atoms in total. The van der Waals surface area contributed by atoms with Gasteiger partial charge in [-0.1, -0.05) is 18.2 Å². The number of fused-ring (bicyclic) bond motifs is 1. The largest absolute Gasteiger partial charge is 0.356 e. The SMILES string of the molecule is CCNc1nc2ccccc2n1CC(=O)c1cccs1. The number of thiophene rings is 1. The van der Waals surface area contributed by atoms with Crippen LogP contribution in [-0.4, -0.2) is 21.9 Å². The number of aromatic nitrogens is 2. The number of imidazole rings is 1. The zero-order valence-corrected chi connectivity index (χ0v) is 12.0. The molecule has 2 heterocycles. The molecule has 20 heavy (non-hydrogen) atoms. The van der Waals surface area contributed by atoms with E-state index in [1.54, 1.807) is 0 Å². The minimum Gasteiger partial charge on any atom is -0.356 e. The Bertz CT molecular complexity index is 731. The molecule has 0 unspecified atom stereocenters. The number of para-hydroxylation sites is 2. The average Bonchev–Trinajstić information content (AvgIpc) is 3.08. The van der Waals surface area contributed by atoms with Crippen LogP contribution in [0.15, 0.2) is 41.8 Å². The van der Waals surface area contributed by atoms with Crippen molar-refractivity contribution in [1.29, 1.82) is 0 Å². The second-order valence-electron chi connectivity index (χ2n) is 4.44. The first-order valence-electron chi connectivity index (χ1n) is 6.55. The van der Waals surface area contributed by atoms with Crippen LogP contribution in [0.3, 0.4) is 0 Å². The number of carbonyl (C=O) groups is 1. The lowest BCUT2D eigenvalue weighted by Crippen LogP contribution is -2.13. The summed E-state index contributed by atoms with van der Waals surface area (Å²) in [6, 6.07) is 11.6. The number of Topliss-reactive ketones (excluding diaryl/α,β-unsaturated/α-hetero) is 1. The Labute approximate surface area is 121 Å². The van der Waals surface area contributed by atoms with Crippen molar-refractivity contribution in [2.45, 2.75) is 13.5 Å². The highest BCUT2D eigenvalue weighted by Crippen LogP contribution is 2.21. The van der Waals surface area contributed by atoms with E-state index in [1.165, 1.54) is 11.3 Å². The van der Waals surface area contributed by atoms with Gasteiger partial charge in [-0.3, -0.25) is 4.79 Å². The van der Waals surface area contributed by atoms with Crippen LogP contribution in [-0.2, 0) is 6.54 Å². The molecule has 0 saturated carbocycles. The van der Waals surface area contributed by atoms with Crippen molar-refractivity contribution in [1.82, 2.24) is 9.55 Å². The van der Waals surface area contributed by atoms with Gasteiger partial charge in [-0.15, -0.1) is 11.3 Å². The Hall–Kier alpha value is -2.14. The van der Waals surface area contributed by atoms with Gasteiger partial charge in [-0.05, 0) is 30.5 Å². The summed E-state index contributed by atoms with van der Waals surface area (Å²) in [4.78, 5) is 17.6. The number of carbonyl (C=O) groups excluding carboxylic acids is 1. The first-order chi connectivity index (χ1) is 9.79. The zero-order chi connectivity index (χ0) is 13.9. The summed E-state index contributed by atoms with van der Waals surface area (Å²) in [7, 11) is 0. The quantitative estimate of drug-likeness (QED) is 0.731. The fraction of sp³-hybridized carbons (Fsp3) is 0.200. The van der Waals surface area contributed by atoms with Crippen LogP contribution in [0.25, 0.3) is 11.0 Å². The molecule has 0 atom stereocenters. The van der Waals surface area contributed by atoms with Gasteiger partial charge in [0.25, 0.3) is 0 Å². The van der Waals surface area contributed by atoms with Gasteiger partial charge in [0, 0.05) is 6.54 Å². The molecule has 5 heteroatoms. The van der Waals surface area contributed by atoms with E-state index < -0.39 is 0 Å². The van der Waals surface area contributed by atoms with Gasteiger partial charge < -0.3 is 9.88 Å². The van der Waals surface area contributed by atoms with E-state index >= 15 is 0 Å². The first-order valence-corrected chi connectivity index (χ1v) is 7.43. The zero-order valence-electron chi connectivity index (χ0n) is 11.2. The fourth-order valence-corrected chi connectivity index (χ4v) is 2.84. The summed E-state index contributed by atoms with van der Waals surface area (Å²) in [6.45, 7) is 3.10. The number of rotatable bonds is 5. The number of nitrogens with zero attached hydrogens (tertiary/aromatic N) is 2. The maximum Gasteiger partial charge on any atom is 0.204 e. The molecule has 3 rings (SSSR count). The number of anilines is 1. The molecule has 1 N–H and O–H groups in total. The number of benzene rings is 1. The summed E-state index contributed by atoms with van der Waals surface area (Å²) in [5.74, 6) is 0.862. The van der Waals surface area contributed by atoms with Crippen molar-refractivity contribution in [3.63, 3.8) is 0 Å². The number of hydrogen-bond acceptors (Lipinski definition) is 4. The van der Waals surface area contributed by atoms with Gasteiger partial charge in [0.15, 0.2) is 5.78 Å². The monoisotopic (exact) mass is 285 g/mol. The van der Waals surface area contributed by atoms with Crippen LogP contribution in [0, 0.1) is 0 Å². The molecule has 0 radical (unpaired) electrons. The Kier molecular flexibility index (Phi) is 3.52. The summed E-state index contributed by atoms with van der Waals surface area (Å²) < 4.78 is 1.95. The third-order valence-corrected chi connectivity index (χ3v) is 4.00. The molecular weight excluding hydrogens is 270 g/mol. The number of ketones is 1. The lowest BCUT2D eigenvalue weighted by molar-refractivity contribution is 0.0978. The highest BCUT2D eigenvalue weighted by atomic mass is 32.1. The maximum absolute atomic E-state index is 12.3. The van der Waals surface area contributed by atoms with Gasteiger partial charge in [0.05, 0.1) is 22.5 Å². The smallest absolute Gasteiger partial charge is 0.204 e. The third kappa shape index (κ3) is 2.32. The molecule has 0 aliphatic carbocycles. The second-order valence-corrected chi connectivity index (χ2v) is 5.39. The Morgan fingerprint density at radius 1 is 1.30 bits per heavy atom. The van der Waals surface area contributed by atoms with Gasteiger partial charge in [-0.25, -0.2) is 4.98 Å². The maximum atomic E-state index is 12.3. The van der Waals surface area contributed by atoms with Crippen LogP contribution in [0.5, 0.6) is 0 Å². The Morgan fingerprint density at radius 2 is 2.15 bits per heavy atom. The molecular formula is C15H15N3OS. The van der Waals surface area contributed by atoms with Crippen LogP contribution in [0.2, 0.25) is 0 Å². The first kappa shape index (κ1) is 12.9. The molecule has 3 aromatic rings. The molecule has 0 saturated heterocycles. The van der Waals surface area contributed by atoms with Crippen LogP contribution in [0.4, 0.5) is 5.95 Å². The van der Waals surface area contributed by atoms with E-state index in [9.17, 15) is 4.79 Å². The normalized spacial score (nSPS) is 10.8. The summed E-state index contributed by atoms with van der Waals surface area (Å²) in [6.07, 6.45) is 0. The van der Waals surface area contributed by atoms with E-state index in [-0.39, 0.29) is 5.78 Å². The lowest BCUT2D eigenvalue weighted by atomic mass is 10.3. The predicted octanol–water partition coefficient (Wildman–Crippen LogP) is 3.41. The van der Waals surface area contributed by atoms with Gasteiger partial charge in [0.1, 0.15) is 0 Å². The molecule has 102 valence electrons. The number of nitrogens with one attached hydrogen (secondary N) is 1. The standard InChI is InChI=1S/C15H15N3OS/c1-2-16-15-17-11-6-3-4-7-12(11)18(15)10-13(19)14-8-5-9-20-14/h3-9H,2,10H2,1H3,(H,16,17). The Balaban J connectivity index is 2.00. The van der Waals surface area contributed by atoms with Crippen LogP contribution in [0.1, 0.15) is 16.6 Å². The van der Waals surface area contributed by atoms with E-state index in [0.717, 1.165) is 28.4 Å². The van der Waals surface area contributed by atoms with Gasteiger partial charge in [-0.2, -0.15) is 0 Å². The summed E-state index contributed by atoms with van der Waals surface area (Å²) in [5.41, 5.74) is 1.88. The van der Waals surface area contributed by atoms with Crippen molar-refractivity contribution in [2.24, 2.45) is 0 Å². The minimum atomic E-state index is 0.113. The van der Waals surface area contributed by atoms with Crippen molar-refractivity contribution < 1.29 is 4.79 Å². The average molecular weight is 285 g/mol. The predicted molar refractivity (Wildman–Crippen MR) is 82.5 cm³/mol. The molecule has 0 bridgehead atoms. The fourth-order valence-electron chi connectivity index (χ4n) is 2.19. The van der Waals surface area contributed by atoms with Crippen molar-refractivity contribution in [3.05, 3.63) is 46.7 Å². The minimum absolute atomic E-state index is 0.113.